The standard InChI is InChI=1S/C38H24N2O/c1-3-11-25(12-4-1)28-16-9-17-29(23-28)30-18-10-19-31(24-30)37-39-35(27-14-5-2-6-15-27)34-33-22-21-26-13-7-8-20-32(26)36(33)41-38(34)40-37/h1-24H. The SMILES string of the molecule is c1ccc(-c2cccc(-c3cccc(-c4nc(-c5ccccc5)c5c(n4)oc4c6ccccc6ccc45)c3)c2)cc1. The molecule has 0 spiro atoms. The van der Waals surface area contributed by atoms with Gasteiger partial charge in [0.25, 0.3) is 0 Å². The van der Waals surface area contributed by atoms with Gasteiger partial charge in [0, 0.05) is 21.9 Å². The zero-order chi connectivity index (χ0) is 27.2. The van der Waals surface area contributed by atoms with Gasteiger partial charge in [-0.3, -0.25) is 0 Å². The molecule has 0 saturated heterocycles. The Labute approximate surface area is 237 Å². The predicted octanol–water partition coefficient (Wildman–Crippen LogP) is 10.2. The van der Waals surface area contributed by atoms with Gasteiger partial charge in [-0.2, -0.15) is 4.98 Å². The lowest BCUT2D eigenvalue weighted by Crippen LogP contribution is -1.94. The Bertz CT molecular complexity index is 2200. The average molecular weight is 525 g/mol. The van der Waals surface area contributed by atoms with Crippen molar-refractivity contribution in [1.82, 2.24) is 9.97 Å². The highest BCUT2D eigenvalue weighted by atomic mass is 16.3. The van der Waals surface area contributed by atoms with Crippen molar-refractivity contribution in [3.8, 4) is 44.9 Å². The van der Waals surface area contributed by atoms with Crippen molar-refractivity contribution in [2.24, 2.45) is 0 Å². The molecule has 2 heterocycles. The Kier molecular flexibility index (Phi) is 5.46. The molecule has 0 aliphatic carbocycles. The Hall–Kier alpha value is -5.54. The Morgan fingerprint density at radius 2 is 1.00 bits per heavy atom. The first-order valence-electron chi connectivity index (χ1n) is 13.8. The summed E-state index contributed by atoms with van der Waals surface area (Å²) in [5, 5.41) is 4.17. The van der Waals surface area contributed by atoms with Crippen molar-refractivity contribution < 1.29 is 4.42 Å². The van der Waals surface area contributed by atoms with Gasteiger partial charge in [-0.15, -0.1) is 0 Å². The van der Waals surface area contributed by atoms with Crippen molar-refractivity contribution in [2.45, 2.75) is 0 Å². The second-order valence-corrected chi connectivity index (χ2v) is 10.2. The van der Waals surface area contributed by atoms with E-state index in [-0.39, 0.29) is 0 Å². The molecular weight excluding hydrogens is 500 g/mol. The second-order valence-electron chi connectivity index (χ2n) is 10.2. The maximum absolute atomic E-state index is 6.52. The number of nitrogens with zero attached hydrogens (tertiary/aromatic N) is 2. The Morgan fingerprint density at radius 3 is 1.76 bits per heavy atom. The van der Waals surface area contributed by atoms with E-state index in [1.54, 1.807) is 0 Å². The lowest BCUT2D eigenvalue weighted by molar-refractivity contribution is 0.657. The summed E-state index contributed by atoms with van der Waals surface area (Å²) in [6, 6.07) is 50.4. The minimum atomic E-state index is 0.594. The summed E-state index contributed by atoms with van der Waals surface area (Å²) in [5.74, 6) is 0.640. The second kappa shape index (κ2) is 9.58. The van der Waals surface area contributed by atoms with Crippen molar-refractivity contribution in [1.29, 1.82) is 0 Å². The molecule has 41 heavy (non-hydrogen) atoms. The maximum atomic E-state index is 6.52. The van der Waals surface area contributed by atoms with Crippen molar-refractivity contribution in [3.05, 3.63) is 146 Å². The quantitative estimate of drug-likeness (QED) is 0.230. The highest BCUT2D eigenvalue weighted by molar-refractivity contribution is 6.17. The molecule has 0 amide bonds. The van der Waals surface area contributed by atoms with E-state index in [1.807, 2.05) is 36.4 Å². The van der Waals surface area contributed by atoms with Crippen molar-refractivity contribution in [2.75, 3.05) is 0 Å². The van der Waals surface area contributed by atoms with Crippen LogP contribution in [0, 0.1) is 0 Å². The highest BCUT2D eigenvalue weighted by Crippen LogP contribution is 2.39. The van der Waals surface area contributed by atoms with Gasteiger partial charge in [0.15, 0.2) is 5.82 Å². The van der Waals surface area contributed by atoms with Crippen LogP contribution in [0.25, 0.3) is 77.7 Å². The van der Waals surface area contributed by atoms with Crippen LogP contribution in [0.1, 0.15) is 0 Å². The molecule has 8 rings (SSSR count). The van der Waals surface area contributed by atoms with E-state index in [4.69, 9.17) is 14.4 Å². The topological polar surface area (TPSA) is 38.9 Å². The molecule has 0 aliphatic heterocycles. The fourth-order valence-electron chi connectivity index (χ4n) is 5.68. The van der Waals surface area contributed by atoms with Gasteiger partial charge in [0.2, 0.25) is 5.71 Å². The van der Waals surface area contributed by atoms with Crippen LogP contribution in [-0.2, 0) is 0 Å². The van der Waals surface area contributed by atoms with Crippen LogP contribution in [0.2, 0.25) is 0 Å². The van der Waals surface area contributed by atoms with Gasteiger partial charge in [0.1, 0.15) is 5.58 Å². The molecule has 8 aromatic rings. The van der Waals surface area contributed by atoms with Crippen LogP contribution in [-0.4, -0.2) is 9.97 Å². The molecule has 0 saturated carbocycles. The van der Waals surface area contributed by atoms with Crippen molar-refractivity contribution >= 4 is 32.8 Å². The third-order valence-corrected chi connectivity index (χ3v) is 7.69. The average Bonchev–Trinajstić information content (AvgIpc) is 3.44. The molecule has 6 aromatic carbocycles. The summed E-state index contributed by atoms with van der Waals surface area (Å²) < 4.78 is 6.52. The summed E-state index contributed by atoms with van der Waals surface area (Å²) in [5.41, 5.74) is 8.92. The smallest absolute Gasteiger partial charge is 0.231 e. The van der Waals surface area contributed by atoms with Gasteiger partial charge in [-0.1, -0.05) is 127 Å². The van der Waals surface area contributed by atoms with Gasteiger partial charge in [-0.25, -0.2) is 4.98 Å². The molecule has 2 aromatic heterocycles. The Morgan fingerprint density at radius 1 is 0.415 bits per heavy atom. The zero-order valence-corrected chi connectivity index (χ0v) is 22.2. The third-order valence-electron chi connectivity index (χ3n) is 7.69. The summed E-state index contributed by atoms with van der Waals surface area (Å²) >= 11 is 0. The van der Waals surface area contributed by atoms with Crippen LogP contribution >= 0.6 is 0 Å². The molecule has 0 unspecified atom stereocenters. The largest absolute Gasteiger partial charge is 0.437 e. The first-order valence-corrected chi connectivity index (χ1v) is 13.8. The summed E-state index contributed by atoms with van der Waals surface area (Å²) in [6.07, 6.45) is 0. The minimum absolute atomic E-state index is 0.594. The summed E-state index contributed by atoms with van der Waals surface area (Å²) in [4.78, 5) is 10.2. The molecule has 192 valence electrons. The van der Waals surface area contributed by atoms with E-state index >= 15 is 0 Å². The first-order chi connectivity index (χ1) is 20.3. The number of rotatable bonds is 4. The van der Waals surface area contributed by atoms with Crippen LogP contribution in [0.4, 0.5) is 0 Å². The number of benzene rings is 6. The molecule has 0 bridgehead atoms. The fourth-order valence-corrected chi connectivity index (χ4v) is 5.68. The van der Waals surface area contributed by atoms with E-state index < -0.39 is 0 Å². The normalized spacial score (nSPS) is 11.4. The predicted molar refractivity (Wildman–Crippen MR) is 169 cm³/mol. The molecular formula is C38H24N2O. The zero-order valence-electron chi connectivity index (χ0n) is 22.2. The van der Waals surface area contributed by atoms with E-state index in [9.17, 15) is 0 Å². The van der Waals surface area contributed by atoms with E-state index in [2.05, 4.69) is 109 Å². The van der Waals surface area contributed by atoms with Crippen LogP contribution in [0.3, 0.4) is 0 Å². The fraction of sp³-hybridized carbons (Fsp3) is 0. The monoisotopic (exact) mass is 524 g/mol. The number of hydrogen-bond donors (Lipinski definition) is 0. The molecule has 0 fully saturated rings. The van der Waals surface area contributed by atoms with Gasteiger partial charge < -0.3 is 4.42 Å². The number of furan rings is 1. The molecule has 3 nitrogen and oxygen atoms in total. The highest BCUT2D eigenvalue weighted by Gasteiger charge is 2.19. The minimum Gasteiger partial charge on any atom is -0.437 e. The van der Waals surface area contributed by atoms with Crippen LogP contribution in [0.5, 0.6) is 0 Å². The first kappa shape index (κ1) is 23.4. The molecule has 3 heteroatoms. The van der Waals surface area contributed by atoms with Crippen LogP contribution in [0.15, 0.2) is 150 Å². The molecule has 0 N–H and O–H groups in total. The summed E-state index contributed by atoms with van der Waals surface area (Å²) in [6.45, 7) is 0. The van der Waals surface area contributed by atoms with E-state index in [1.165, 1.54) is 11.1 Å². The van der Waals surface area contributed by atoms with Crippen LogP contribution < -0.4 is 0 Å². The molecule has 0 radical (unpaired) electrons. The van der Waals surface area contributed by atoms with E-state index in [0.717, 1.165) is 55.1 Å². The third kappa shape index (κ3) is 4.07. The van der Waals surface area contributed by atoms with Gasteiger partial charge in [0.05, 0.1) is 11.1 Å². The lowest BCUT2D eigenvalue weighted by atomic mass is 9.98. The number of aromatic nitrogens is 2. The van der Waals surface area contributed by atoms with Gasteiger partial charge >= 0.3 is 0 Å². The summed E-state index contributed by atoms with van der Waals surface area (Å²) in [7, 11) is 0. The van der Waals surface area contributed by atoms with E-state index in [0.29, 0.717) is 11.5 Å². The Balaban J connectivity index is 1.32. The molecule has 0 atom stereocenters. The lowest BCUT2D eigenvalue weighted by Gasteiger charge is -2.09. The number of hydrogen-bond acceptors (Lipinski definition) is 3. The molecule has 0 aliphatic rings. The van der Waals surface area contributed by atoms with Gasteiger partial charge in [-0.05, 0) is 45.8 Å². The van der Waals surface area contributed by atoms with Crippen molar-refractivity contribution in [3.63, 3.8) is 0 Å². The number of fused-ring (bicyclic) bond motifs is 5. The maximum Gasteiger partial charge on any atom is 0.231 e.